The summed E-state index contributed by atoms with van der Waals surface area (Å²) >= 11 is 1.43. The highest BCUT2D eigenvalue weighted by atomic mass is 32.2. The normalized spacial score (nSPS) is 15.3. The molecule has 6 nitrogen and oxygen atoms in total. The van der Waals surface area contributed by atoms with Crippen LogP contribution in [-0.2, 0) is 11.3 Å². The number of thioether (sulfide) groups is 1. The number of carbonyl (C=O) groups excluding carboxylic acids is 1. The molecule has 0 bridgehead atoms. The topological polar surface area (TPSA) is 73.0 Å². The average molecular weight is 370 g/mol. The maximum Gasteiger partial charge on any atom is 0.231 e. The minimum absolute atomic E-state index is 0.0402. The molecular weight excluding hydrogens is 348 g/mol. The van der Waals surface area contributed by atoms with Gasteiger partial charge in [0.25, 0.3) is 0 Å². The SMILES string of the molecule is CCn1c(SCC(=O)NC(C)c2cc3ccccc3o2)nnc1C1CC1. The van der Waals surface area contributed by atoms with E-state index in [0.717, 1.165) is 34.3 Å². The van der Waals surface area contributed by atoms with Gasteiger partial charge in [-0.15, -0.1) is 10.2 Å². The maximum absolute atomic E-state index is 12.3. The number of hydrogen-bond acceptors (Lipinski definition) is 5. The first-order chi connectivity index (χ1) is 12.7. The number of nitrogens with one attached hydrogen (secondary N) is 1. The minimum Gasteiger partial charge on any atom is -0.459 e. The largest absolute Gasteiger partial charge is 0.459 e. The summed E-state index contributed by atoms with van der Waals surface area (Å²) in [7, 11) is 0. The molecule has 0 radical (unpaired) electrons. The van der Waals surface area contributed by atoms with Crippen LogP contribution in [0.3, 0.4) is 0 Å². The van der Waals surface area contributed by atoms with Crippen molar-refractivity contribution in [1.82, 2.24) is 20.1 Å². The highest BCUT2D eigenvalue weighted by molar-refractivity contribution is 7.99. The first kappa shape index (κ1) is 17.1. The van der Waals surface area contributed by atoms with E-state index < -0.39 is 0 Å². The van der Waals surface area contributed by atoms with Crippen LogP contribution >= 0.6 is 11.8 Å². The first-order valence-electron chi connectivity index (χ1n) is 8.99. The number of rotatable bonds is 7. The van der Waals surface area contributed by atoms with Crippen LogP contribution in [0.2, 0.25) is 0 Å². The number of carbonyl (C=O) groups is 1. The van der Waals surface area contributed by atoms with Gasteiger partial charge in [-0.3, -0.25) is 4.79 Å². The second-order valence-corrected chi connectivity index (χ2v) is 7.57. The Kier molecular flexibility index (Phi) is 4.72. The lowest BCUT2D eigenvalue weighted by Gasteiger charge is -2.11. The van der Waals surface area contributed by atoms with Crippen molar-refractivity contribution in [3.63, 3.8) is 0 Å². The predicted octanol–water partition coefficient (Wildman–Crippen LogP) is 3.89. The summed E-state index contributed by atoms with van der Waals surface area (Å²) in [5.41, 5.74) is 0.835. The first-order valence-corrected chi connectivity index (χ1v) is 9.98. The average Bonchev–Trinajstić information content (AvgIpc) is 3.25. The predicted molar refractivity (Wildman–Crippen MR) is 101 cm³/mol. The van der Waals surface area contributed by atoms with Crippen molar-refractivity contribution in [2.24, 2.45) is 0 Å². The van der Waals surface area contributed by atoms with E-state index in [-0.39, 0.29) is 11.9 Å². The Morgan fingerprint density at radius 1 is 1.38 bits per heavy atom. The molecule has 2 heterocycles. The summed E-state index contributed by atoms with van der Waals surface area (Å²) in [6.07, 6.45) is 2.39. The molecule has 26 heavy (non-hydrogen) atoms. The Bertz CT molecular complexity index is 896. The van der Waals surface area contributed by atoms with Crippen LogP contribution in [0, 0.1) is 0 Å². The van der Waals surface area contributed by atoms with E-state index >= 15 is 0 Å². The van der Waals surface area contributed by atoms with Crippen molar-refractivity contribution in [2.75, 3.05) is 5.75 Å². The molecule has 1 saturated carbocycles. The summed E-state index contributed by atoms with van der Waals surface area (Å²) < 4.78 is 7.94. The summed E-state index contributed by atoms with van der Waals surface area (Å²) in [4.78, 5) is 12.3. The van der Waals surface area contributed by atoms with Crippen LogP contribution in [0.4, 0.5) is 0 Å². The zero-order chi connectivity index (χ0) is 18.1. The third kappa shape index (κ3) is 3.49. The Balaban J connectivity index is 1.36. The molecule has 0 aliphatic heterocycles. The quantitative estimate of drug-likeness (QED) is 0.639. The second-order valence-electron chi connectivity index (χ2n) is 6.62. The summed E-state index contributed by atoms with van der Waals surface area (Å²) in [6, 6.07) is 9.64. The Morgan fingerprint density at radius 3 is 2.92 bits per heavy atom. The molecule has 1 atom stereocenters. The van der Waals surface area contributed by atoms with Crippen LogP contribution < -0.4 is 5.32 Å². The number of amides is 1. The minimum atomic E-state index is -0.179. The zero-order valence-corrected chi connectivity index (χ0v) is 15.8. The molecule has 136 valence electrons. The molecular formula is C19H22N4O2S. The number of nitrogens with zero attached hydrogens (tertiary/aromatic N) is 3. The Morgan fingerprint density at radius 2 is 2.19 bits per heavy atom. The van der Waals surface area contributed by atoms with E-state index in [2.05, 4.69) is 27.0 Å². The fourth-order valence-corrected chi connectivity index (χ4v) is 3.87. The summed E-state index contributed by atoms with van der Waals surface area (Å²) in [5.74, 6) is 2.65. The van der Waals surface area contributed by atoms with E-state index in [9.17, 15) is 4.79 Å². The van der Waals surface area contributed by atoms with Crippen LogP contribution in [0.15, 0.2) is 39.9 Å². The zero-order valence-electron chi connectivity index (χ0n) is 14.9. The molecule has 1 aromatic carbocycles. The van der Waals surface area contributed by atoms with Gasteiger partial charge in [0.1, 0.15) is 17.2 Å². The number of para-hydroxylation sites is 1. The molecule has 1 N–H and O–H groups in total. The molecule has 0 saturated heterocycles. The lowest BCUT2D eigenvalue weighted by molar-refractivity contribution is -0.119. The van der Waals surface area contributed by atoms with E-state index in [0.29, 0.717) is 11.7 Å². The Labute approximate surface area is 156 Å². The van der Waals surface area contributed by atoms with Gasteiger partial charge in [-0.25, -0.2) is 0 Å². The van der Waals surface area contributed by atoms with Crippen LogP contribution in [0.5, 0.6) is 0 Å². The molecule has 2 aromatic heterocycles. The number of fused-ring (bicyclic) bond motifs is 1. The fourth-order valence-electron chi connectivity index (χ4n) is 3.05. The molecule has 1 fully saturated rings. The van der Waals surface area contributed by atoms with Gasteiger partial charge in [0.05, 0.1) is 11.8 Å². The molecule has 1 amide bonds. The van der Waals surface area contributed by atoms with Gasteiger partial charge in [0, 0.05) is 17.8 Å². The number of aromatic nitrogens is 3. The fraction of sp³-hybridized carbons (Fsp3) is 0.421. The summed E-state index contributed by atoms with van der Waals surface area (Å²) in [6.45, 7) is 4.85. The standard InChI is InChI=1S/C19H22N4O2S/c1-3-23-18(13-8-9-13)21-22-19(23)26-11-17(24)20-12(2)16-10-14-6-4-5-7-15(14)25-16/h4-7,10,12-13H,3,8-9,11H2,1-2H3,(H,20,24). The lowest BCUT2D eigenvalue weighted by atomic mass is 10.2. The number of furan rings is 1. The summed E-state index contributed by atoms with van der Waals surface area (Å²) in [5, 5.41) is 13.4. The molecule has 0 spiro atoms. The van der Waals surface area contributed by atoms with Crippen molar-refractivity contribution >= 4 is 28.6 Å². The number of hydrogen-bond donors (Lipinski definition) is 1. The second kappa shape index (κ2) is 7.15. The van der Waals surface area contributed by atoms with E-state index in [4.69, 9.17) is 4.42 Å². The van der Waals surface area contributed by atoms with E-state index in [1.54, 1.807) is 0 Å². The highest BCUT2D eigenvalue weighted by Gasteiger charge is 2.30. The van der Waals surface area contributed by atoms with Crippen molar-refractivity contribution in [2.45, 2.75) is 50.4 Å². The van der Waals surface area contributed by atoms with Gasteiger partial charge < -0.3 is 14.3 Å². The molecule has 7 heteroatoms. The van der Waals surface area contributed by atoms with Gasteiger partial charge in [0.2, 0.25) is 5.91 Å². The third-order valence-corrected chi connectivity index (χ3v) is 5.55. The molecule has 4 rings (SSSR count). The highest BCUT2D eigenvalue weighted by Crippen LogP contribution is 2.40. The lowest BCUT2D eigenvalue weighted by Crippen LogP contribution is -2.28. The van der Waals surface area contributed by atoms with Gasteiger partial charge in [0.15, 0.2) is 5.16 Å². The van der Waals surface area contributed by atoms with Crippen molar-refractivity contribution < 1.29 is 9.21 Å². The number of benzene rings is 1. The van der Waals surface area contributed by atoms with E-state index in [1.807, 2.05) is 37.3 Å². The molecule has 1 aliphatic carbocycles. The van der Waals surface area contributed by atoms with Crippen LogP contribution in [0.25, 0.3) is 11.0 Å². The molecule has 3 aromatic rings. The maximum atomic E-state index is 12.3. The smallest absolute Gasteiger partial charge is 0.231 e. The van der Waals surface area contributed by atoms with Gasteiger partial charge in [-0.1, -0.05) is 30.0 Å². The molecule has 1 aliphatic rings. The molecule has 1 unspecified atom stereocenters. The van der Waals surface area contributed by atoms with Crippen LogP contribution in [0.1, 0.15) is 50.2 Å². The van der Waals surface area contributed by atoms with Gasteiger partial charge >= 0.3 is 0 Å². The third-order valence-electron chi connectivity index (χ3n) is 4.59. The van der Waals surface area contributed by atoms with Crippen molar-refractivity contribution in [3.05, 3.63) is 41.9 Å². The van der Waals surface area contributed by atoms with Gasteiger partial charge in [-0.05, 0) is 38.8 Å². The van der Waals surface area contributed by atoms with Crippen molar-refractivity contribution in [3.8, 4) is 0 Å². The van der Waals surface area contributed by atoms with Crippen LogP contribution in [-0.4, -0.2) is 26.4 Å². The van der Waals surface area contributed by atoms with Gasteiger partial charge in [-0.2, -0.15) is 0 Å². The monoisotopic (exact) mass is 370 g/mol. The van der Waals surface area contributed by atoms with E-state index in [1.165, 1.54) is 24.6 Å². The Hall–Kier alpha value is -2.28. The van der Waals surface area contributed by atoms with Crippen molar-refractivity contribution in [1.29, 1.82) is 0 Å².